The van der Waals surface area contributed by atoms with Crippen molar-refractivity contribution in [1.82, 2.24) is 20.2 Å². The molecule has 0 saturated carbocycles. The minimum Gasteiger partial charge on any atom is -0.494 e. The van der Waals surface area contributed by atoms with E-state index in [4.69, 9.17) is 21.7 Å². The predicted octanol–water partition coefficient (Wildman–Crippen LogP) is 3.38. The largest absolute Gasteiger partial charge is 0.494 e. The number of hydrogen-bond acceptors (Lipinski definition) is 5. The highest BCUT2D eigenvalue weighted by Crippen LogP contribution is 2.20. The van der Waals surface area contributed by atoms with Crippen LogP contribution in [0.4, 0.5) is 0 Å². The van der Waals surface area contributed by atoms with Gasteiger partial charge >= 0.3 is 0 Å². The first kappa shape index (κ1) is 22.2. The molecule has 32 heavy (non-hydrogen) atoms. The molecule has 1 aromatic carbocycles. The van der Waals surface area contributed by atoms with Crippen molar-refractivity contribution in [3.05, 3.63) is 70.3 Å². The molecule has 1 aliphatic rings. The first-order valence-corrected chi connectivity index (χ1v) is 11.3. The van der Waals surface area contributed by atoms with Gasteiger partial charge in [0.25, 0.3) is 5.56 Å². The number of thiocarbonyl (C=S) groups is 1. The molecule has 2 aromatic heterocycles. The Labute approximate surface area is 192 Å². The lowest BCUT2D eigenvalue weighted by molar-refractivity contribution is 0.113. The molecule has 0 unspecified atom stereocenters. The minimum atomic E-state index is -0.125. The van der Waals surface area contributed by atoms with Crippen molar-refractivity contribution >= 4 is 28.2 Å². The van der Waals surface area contributed by atoms with Crippen LogP contribution in [0.3, 0.4) is 0 Å². The molecule has 4 rings (SSSR count). The molecule has 168 valence electrons. The number of aromatic amines is 1. The highest BCUT2D eigenvalue weighted by molar-refractivity contribution is 7.80. The monoisotopic (exact) mass is 452 g/mol. The zero-order valence-electron chi connectivity index (χ0n) is 18.2. The van der Waals surface area contributed by atoms with Crippen LogP contribution in [0, 0.1) is 0 Å². The van der Waals surface area contributed by atoms with E-state index >= 15 is 0 Å². The second kappa shape index (κ2) is 10.6. The smallest absolute Gasteiger partial charge is 0.253 e. The summed E-state index contributed by atoms with van der Waals surface area (Å²) in [7, 11) is 0. The third-order valence-corrected chi connectivity index (χ3v) is 5.86. The van der Waals surface area contributed by atoms with Gasteiger partial charge < -0.3 is 24.7 Å². The average molecular weight is 453 g/mol. The fourth-order valence-electron chi connectivity index (χ4n) is 3.84. The number of nitrogens with zero attached hydrogens (tertiary/aromatic N) is 2. The molecule has 1 atom stereocenters. The Bertz CT molecular complexity index is 1110. The number of fused-ring (bicyclic) bond motifs is 1. The highest BCUT2D eigenvalue weighted by Gasteiger charge is 2.18. The second-order valence-electron chi connectivity index (χ2n) is 7.84. The van der Waals surface area contributed by atoms with Crippen molar-refractivity contribution in [3.63, 3.8) is 0 Å². The van der Waals surface area contributed by atoms with Crippen LogP contribution in [0.2, 0.25) is 0 Å². The van der Waals surface area contributed by atoms with E-state index in [0.29, 0.717) is 36.9 Å². The van der Waals surface area contributed by atoms with E-state index in [9.17, 15) is 4.79 Å². The normalized spacial score (nSPS) is 15.6. The van der Waals surface area contributed by atoms with Crippen LogP contribution in [0.5, 0.6) is 5.75 Å². The van der Waals surface area contributed by atoms with Gasteiger partial charge in [-0.15, -0.1) is 0 Å². The zero-order valence-corrected chi connectivity index (χ0v) is 19.0. The summed E-state index contributed by atoms with van der Waals surface area (Å²) in [6, 6.07) is 11.5. The number of pyridine rings is 2. The van der Waals surface area contributed by atoms with Crippen LogP contribution >= 0.6 is 12.2 Å². The lowest BCUT2D eigenvalue weighted by atomic mass is 10.1. The molecule has 3 heterocycles. The molecule has 7 nitrogen and oxygen atoms in total. The number of hydrogen-bond donors (Lipinski definition) is 2. The molecule has 0 amide bonds. The summed E-state index contributed by atoms with van der Waals surface area (Å²) >= 11 is 5.71. The summed E-state index contributed by atoms with van der Waals surface area (Å²) in [6.45, 7) is 4.91. The first-order chi connectivity index (χ1) is 15.6. The van der Waals surface area contributed by atoms with Gasteiger partial charge in [0.1, 0.15) is 5.75 Å². The Balaban J connectivity index is 1.57. The average Bonchev–Trinajstić information content (AvgIpc) is 3.32. The van der Waals surface area contributed by atoms with Gasteiger partial charge in [0.15, 0.2) is 5.11 Å². The molecular formula is C24H28N4O3S. The van der Waals surface area contributed by atoms with Crippen LogP contribution in [0.1, 0.15) is 30.9 Å². The van der Waals surface area contributed by atoms with Crippen LogP contribution in [-0.4, -0.2) is 45.8 Å². The topological polar surface area (TPSA) is 79.5 Å². The molecule has 0 spiro atoms. The number of ether oxygens (including phenoxy) is 2. The lowest BCUT2D eigenvalue weighted by Gasteiger charge is -2.26. The number of H-pyrrole nitrogens is 1. The fraction of sp³-hybridized carbons (Fsp3) is 0.375. The summed E-state index contributed by atoms with van der Waals surface area (Å²) in [5, 5.41) is 4.84. The molecular weight excluding hydrogens is 424 g/mol. The van der Waals surface area contributed by atoms with Gasteiger partial charge in [-0.05, 0) is 67.9 Å². The molecule has 2 N–H and O–H groups in total. The highest BCUT2D eigenvalue weighted by atomic mass is 32.1. The number of nitrogens with one attached hydrogen (secondary N) is 2. The van der Waals surface area contributed by atoms with Gasteiger partial charge in [0.2, 0.25) is 0 Å². The van der Waals surface area contributed by atoms with E-state index in [1.165, 1.54) is 0 Å². The standard InChI is InChI=1S/C24H28N4O3S/c1-2-30-20-7-8-22-18(12-20)11-19(23(29)27-22)16-28(15-17-5-3-9-25-13-17)24(32)26-14-21-6-4-10-31-21/h3,5,7-9,11-13,21H,2,4,6,10,14-16H2,1H3,(H,26,32)(H,27,29)/t21-/m1/s1. The van der Waals surface area contributed by atoms with E-state index in [2.05, 4.69) is 15.3 Å². The molecule has 3 aromatic rings. The molecule has 0 radical (unpaired) electrons. The van der Waals surface area contributed by atoms with Crippen molar-refractivity contribution in [3.8, 4) is 5.75 Å². The number of benzene rings is 1. The molecule has 0 aliphatic carbocycles. The van der Waals surface area contributed by atoms with E-state index in [-0.39, 0.29) is 11.7 Å². The van der Waals surface area contributed by atoms with Crippen molar-refractivity contribution in [2.45, 2.75) is 39.0 Å². The van der Waals surface area contributed by atoms with E-state index in [1.54, 1.807) is 6.20 Å². The number of rotatable bonds is 8. The predicted molar refractivity (Wildman–Crippen MR) is 129 cm³/mol. The Morgan fingerprint density at radius 3 is 3.00 bits per heavy atom. The van der Waals surface area contributed by atoms with Crippen molar-refractivity contribution < 1.29 is 9.47 Å². The maximum absolute atomic E-state index is 12.8. The van der Waals surface area contributed by atoms with Gasteiger partial charge in [-0.3, -0.25) is 9.78 Å². The quantitative estimate of drug-likeness (QED) is 0.507. The van der Waals surface area contributed by atoms with Gasteiger partial charge in [-0.1, -0.05) is 6.07 Å². The maximum atomic E-state index is 12.8. The van der Waals surface area contributed by atoms with Gasteiger partial charge in [-0.25, -0.2) is 0 Å². The first-order valence-electron chi connectivity index (χ1n) is 10.9. The van der Waals surface area contributed by atoms with Crippen LogP contribution < -0.4 is 15.6 Å². The van der Waals surface area contributed by atoms with E-state index in [1.807, 2.05) is 54.4 Å². The lowest BCUT2D eigenvalue weighted by Crippen LogP contribution is -2.42. The maximum Gasteiger partial charge on any atom is 0.253 e. The van der Waals surface area contributed by atoms with Crippen LogP contribution in [0.25, 0.3) is 10.9 Å². The molecule has 1 saturated heterocycles. The minimum absolute atomic E-state index is 0.125. The van der Waals surface area contributed by atoms with Gasteiger partial charge in [0, 0.05) is 48.6 Å². The Hall–Kier alpha value is -2.97. The molecule has 1 aliphatic heterocycles. The summed E-state index contributed by atoms with van der Waals surface area (Å²) in [6.07, 6.45) is 5.84. The van der Waals surface area contributed by atoms with Crippen molar-refractivity contribution in [2.75, 3.05) is 19.8 Å². The van der Waals surface area contributed by atoms with Gasteiger partial charge in [0.05, 0.1) is 19.3 Å². The molecule has 1 fully saturated rings. The second-order valence-corrected chi connectivity index (χ2v) is 8.23. The molecule has 0 bridgehead atoms. The van der Waals surface area contributed by atoms with Crippen LogP contribution in [0.15, 0.2) is 53.6 Å². The summed E-state index contributed by atoms with van der Waals surface area (Å²) in [5.41, 5.74) is 2.31. The third kappa shape index (κ3) is 5.63. The zero-order chi connectivity index (χ0) is 22.3. The fourth-order valence-corrected chi connectivity index (χ4v) is 4.05. The summed E-state index contributed by atoms with van der Waals surface area (Å²) in [5.74, 6) is 0.777. The molecule has 8 heteroatoms. The Morgan fingerprint density at radius 2 is 2.25 bits per heavy atom. The number of aromatic nitrogens is 2. The summed E-state index contributed by atoms with van der Waals surface area (Å²) in [4.78, 5) is 22.0. The Morgan fingerprint density at radius 1 is 1.34 bits per heavy atom. The summed E-state index contributed by atoms with van der Waals surface area (Å²) < 4.78 is 11.3. The van der Waals surface area contributed by atoms with Gasteiger partial charge in [-0.2, -0.15) is 0 Å². The Kier molecular flexibility index (Phi) is 7.34. The third-order valence-electron chi connectivity index (χ3n) is 5.45. The van der Waals surface area contributed by atoms with Crippen molar-refractivity contribution in [2.24, 2.45) is 0 Å². The van der Waals surface area contributed by atoms with E-state index in [0.717, 1.165) is 41.7 Å². The van der Waals surface area contributed by atoms with Crippen LogP contribution in [-0.2, 0) is 17.8 Å². The van der Waals surface area contributed by atoms with Crippen molar-refractivity contribution in [1.29, 1.82) is 0 Å². The van der Waals surface area contributed by atoms with E-state index < -0.39 is 0 Å². The SMILES string of the molecule is CCOc1ccc2[nH]c(=O)c(CN(Cc3cccnc3)C(=S)NC[C@H]3CCCO3)cc2c1.